The molecule has 0 unspecified atom stereocenters. The summed E-state index contributed by atoms with van der Waals surface area (Å²) in [5.41, 5.74) is -3.40. The fraction of sp³-hybridized carbons (Fsp3) is 0.286. The smallest absolute Gasteiger partial charge is 0.313 e. The second-order valence-corrected chi connectivity index (χ2v) is 7.03. The maximum Gasteiger partial charge on any atom is 0.469 e. The zero-order valence-electron chi connectivity index (χ0n) is 13.2. The summed E-state index contributed by atoms with van der Waals surface area (Å²) in [6.45, 7) is 4.12. The van der Waals surface area contributed by atoms with E-state index in [1.807, 2.05) is 0 Å². The molecule has 1 rings (SSSR count). The molecular formula is C14H10F7NO4S. The average Bonchev–Trinajstić information content (AvgIpc) is 2.54. The maximum atomic E-state index is 14.3. The molecule has 0 radical (unpaired) electrons. The lowest BCUT2D eigenvalue weighted by molar-refractivity contribution is -0.242. The molecule has 0 aliphatic heterocycles. The molecule has 0 spiro atoms. The van der Waals surface area contributed by atoms with Crippen LogP contribution in [0.2, 0.25) is 0 Å². The van der Waals surface area contributed by atoms with Gasteiger partial charge in [0.15, 0.2) is 5.71 Å². The Morgan fingerprint density at radius 2 is 1.52 bits per heavy atom. The van der Waals surface area contributed by atoms with Crippen LogP contribution in [0.15, 0.2) is 47.6 Å². The Bertz CT molecular complexity index is 861. The molecule has 0 aromatic heterocycles. The van der Waals surface area contributed by atoms with Crippen LogP contribution < -0.4 is 0 Å². The van der Waals surface area contributed by atoms with Gasteiger partial charge >= 0.3 is 22.7 Å². The van der Waals surface area contributed by atoms with Gasteiger partial charge in [0.05, 0.1) is 0 Å². The van der Waals surface area contributed by atoms with E-state index in [9.17, 15) is 43.9 Å². The van der Waals surface area contributed by atoms with Gasteiger partial charge in [-0.05, 0) is 6.92 Å². The van der Waals surface area contributed by atoms with Crippen molar-refractivity contribution < 1.29 is 48.8 Å². The molecule has 0 aliphatic carbocycles. The molecule has 0 saturated carbocycles. The van der Waals surface area contributed by atoms with Crippen LogP contribution in [-0.2, 0) is 19.5 Å². The van der Waals surface area contributed by atoms with Crippen molar-refractivity contribution in [3.05, 3.63) is 48.0 Å². The highest BCUT2D eigenvalue weighted by molar-refractivity contribution is 7.94. The molecule has 13 heteroatoms. The molecule has 0 saturated heterocycles. The third-order valence-electron chi connectivity index (χ3n) is 2.90. The first-order chi connectivity index (χ1) is 12.1. The lowest BCUT2D eigenvalue weighted by Gasteiger charge is -2.25. The van der Waals surface area contributed by atoms with E-state index in [2.05, 4.69) is 16.6 Å². The summed E-state index contributed by atoms with van der Waals surface area (Å²) in [6, 6.07) is 4.80. The Morgan fingerprint density at radius 1 is 1.04 bits per heavy atom. The highest BCUT2D eigenvalue weighted by Crippen LogP contribution is 2.46. The van der Waals surface area contributed by atoms with E-state index >= 15 is 0 Å². The zero-order chi connectivity index (χ0) is 21.3. The molecule has 150 valence electrons. The highest BCUT2D eigenvalue weighted by atomic mass is 32.2. The van der Waals surface area contributed by atoms with Gasteiger partial charge in [0, 0.05) is 11.1 Å². The standard InChI is InChI=1S/C14H10F7NO4S/c1-8(2)11(23)26-22-10(9-6-4-3-5-7-9)12(15,16)27(24,25)14(20,21)13(17,18)19/h3-7H,1H2,2H3. The molecule has 0 heterocycles. The Hall–Kier alpha value is -2.44. The minimum absolute atomic E-state index is 0.391. The second kappa shape index (κ2) is 7.29. The molecule has 1 aromatic rings. The number of halogens is 7. The summed E-state index contributed by atoms with van der Waals surface area (Å²) < 4.78 is 115. The Balaban J connectivity index is 3.63. The Kier molecular flexibility index (Phi) is 6.10. The largest absolute Gasteiger partial charge is 0.469 e. The van der Waals surface area contributed by atoms with Gasteiger partial charge in [-0.3, -0.25) is 0 Å². The van der Waals surface area contributed by atoms with Crippen molar-refractivity contribution in [2.24, 2.45) is 5.16 Å². The molecule has 1 aromatic carbocycles. The number of rotatable bonds is 6. The minimum Gasteiger partial charge on any atom is -0.313 e. The molecule has 27 heavy (non-hydrogen) atoms. The van der Waals surface area contributed by atoms with Crippen LogP contribution in [0, 0.1) is 0 Å². The van der Waals surface area contributed by atoms with Crippen LogP contribution in [0.3, 0.4) is 0 Å². The fourth-order valence-electron chi connectivity index (χ4n) is 1.48. The molecule has 0 bridgehead atoms. The molecule has 0 aliphatic rings. The second-order valence-electron chi connectivity index (χ2n) is 5.00. The summed E-state index contributed by atoms with van der Waals surface area (Å²) in [4.78, 5) is 15.2. The van der Waals surface area contributed by atoms with Crippen molar-refractivity contribution in [1.82, 2.24) is 0 Å². The molecule has 0 N–H and O–H groups in total. The van der Waals surface area contributed by atoms with Gasteiger partial charge < -0.3 is 4.84 Å². The highest BCUT2D eigenvalue weighted by Gasteiger charge is 2.75. The monoisotopic (exact) mass is 421 g/mol. The predicted molar refractivity (Wildman–Crippen MR) is 78.8 cm³/mol. The summed E-state index contributed by atoms with van der Waals surface area (Å²) in [6.07, 6.45) is -6.83. The number of hydrogen-bond donors (Lipinski definition) is 0. The lowest BCUT2D eigenvalue weighted by atomic mass is 10.1. The lowest BCUT2D eigenvalue weighted by Crippen LogP contribution is -2.54. The summed E-state index contributed by atoms with van der Waals surface area (Å²) in [5.74, 6) is -1.45. The van der Waals surface area contributed by atoms with E-state index in [0.717, 1.165) is 31.2 Å². The number of carbonyl (C=O) groups is 1. The quantitative estimate of drug-likeness (QED) is 0.231. The van der Waals surface area contributed by atoms with Gasteiger partial charge in [-0.1, -0.05) is 42.1 Å². The van der Waals surface area contributed by atoms with Crippen molar-refractivity contribution in [3.63, 3.8) is 0 Å². The first-order valence-electron chi connectivity index (χ1n) is 6.64. The van der Waals surface area contributed by atoms with Crippen LogP contribution in [0.5, 0.6) is 0 Å². The van der Waals surface area contributed by atoms with Crippen molar-refractivity contribution in [1.29, 1.82) is 0 Å². The molecule has 0 atom stereocenters. The van der Waals surface area contributed by atoms with Gasteiger partial charge in [0.2, 0.25) is 0 Å². The zero-order valence-corrected chi connectivity index (χ0v) is 14.0. The van der Waals surface area contributed by atoms with Crippen molar-refractivity contribution in [2.75, 3.05) is 0 Å². The third-order valence-corrected chi connectivity index (χ3v) is 4.67. The SMILES string of the molecule is C=C(C)C(=O)ON=C(c1ccccc1)C(F)(F)S(=O)(=O)C(F)(F)C(F)(F)F. The van der Waals surface area contributed by atoms with E-state index in [4.69, 9.17) is 0 Å². The van der Waals surface area contributed by atoms with Gasteiger partial charge in [-0.25, -0.2) is 13.2 Å². The molecular weight excluding hydrogens is 411 g/mol. The minimum atomic E-state index is -7.55. The Labute approximate surface area is 148 Å². The van der Waals surface area contributed by atoms with Gasteiger partial charge in [0.25, 0.3) is 9.84 Å². The number of sulfone groups is 1. The van der Waals surface area contributed by atoms with Crippen molar-refractivity contribution in [3.8, 4) is 0 Å². The Morgan fingerprint density at radius 3 is 1.93 bits per heavy atom. The van der Waals surface area contributed by atoms with Crippen LogP contribution >= 0.6 is 0 Å². The van der Waals surface area contributed by atoms with Crippen LogP contribution in [0.25, 0.3) is 0 Å². The summed E-state index contributed by atoms with van der Waals surface area (Å²) in [5, 5.41) is -10.2. The average molecular weight is 421 g/mol. The third kappa shape index (κ3) is 4.12. The molecule has 0 amide bonds. The number of nitrogens with zero attached hydrogens (tertiary/aromatic N) is 1. The first kappa shape index (κ1) is 22.6. The summed E-state index contributed by atoms with van der Waals surface area (Å²) >= 11 is 0. The molecule has 0 fully saturated rings. The summed E-state index contributed by atoms with van der Waals surface area (Å²) in [7, 11) is -7.55. The number of benzene rings is 1. The van der Waals surface area contributed by atoms with E-state index in [1.54, 1.807) is 0 Å². The topological polar surface area (TPSA) is 72.8 Å². The van der Waals surface area contributed by atoms with Crippen LogP contribution in [0.1, 0.15) is 12.5 Å². The van der Waals surface area contributed by atoms with Crippen LogP contribution in [-0.4, -0.2) is 36.8 Å². The van der Waals surface area contributed by atoms with Gasteiger partial charge in [-0.15, -0.1) is 0 Å². The maximum absolute atomic E-state index is 14.3. The van der Waals surface area contributed by atoms with E-state index in [-0.39, 0.29) is 0 Å². The van der Waals surface area contributed by atoms with E-state index in [1.165, 1.54) is 6.07 Å². The van der Waals surface area contributed by atoms with Crippen LogP contribution in [0.4, 0.5) is 30.7 Å². The predicted octanol–water partition coefficient (Wildman–Crippen LogP) is 3.67. The van der Waals surface area contributed by atoms with E-state index in [0.29, 0.717) is 0 Å². The fourth-order valence-corrected chi connectivity index (χ4v) is 2.51. The first-order valence-corrected chi connectivity index (χ1v) is 8.13. The van der Waals surface area contributed by atoms with E-state index < -0.39 is 49.3 Å². The number of carbonyl (C=O) groups excluding carboxylic acids is 1. The number of alkyl halides is 7. The van der Waals surface area contributed by atoms with Crippen molar-refractivity contribution >= 4 is 21.5 Å². The van der Waals surface area contributed by atoms with Crippen molar-refractivity contribution in [2.45, 2.75) is 23.6 Å². The normalized spacial score (nSPS) is 14.0. The number of oxime groups is 1. The van der Waals surface area contributed by atoms with Gasteiger partial charge in [0.1, 0.15) is 0 Å². The molecule has 5 nitrogen and oxygen atoms in total. The number of hydrogen-bond acceptors (Lipinski definition) is 5. The van der Waals surface area contributed by atoms with Gasteiger partial charge in [-0.2, -0.15) is 30.7 Å².